The summed E-state index contributed by atoms with van der Waals surface area (Å²) >= 11 is 7.58. The second kappa shape index (κ2) is 9.96. The standard InChI is InChI=1S/C23H25ClN2O3S/c1-4-29-23(28)22-15(2)20(16(3)25-22)14-26(13-17-7-9-18(24)10-8-17)21(27)12-19-6-5-11-30-19/h5-11,25H,4,12-14H2,1-3H3. The predicted molar refractivity (Wildman–Crippen MR) is 120 cm³/mol. The van der Waals surface area contributed by atoms with Crippen molar-refractivity contribution in [1.82, 2.24) is 9.88 Å². The van der Waals surface area contributed by atoms with Gasteiger partial charge in [-0.05, 0) is 61.0 Å². The number of halogens is 1. The van der Waals surface area contributed by atoms with E-state index in [0.29, 0.717) is 36.8 Å². The normalized spacial score (nSPS) is 10.8. The maximum Gasteiger partial charge on any atom is 0.355 e. The van der Waals surface area contributed by atoms with Crippen LogP contribution in [0.4, 0.5) is 0 Å². The van der Waals surface area contributed by atoms with Gasteiger partial charge in [0.15, 0.2) is 0 Å². The second-order valence-corrected chi connectivity index (χ2v) is 8.55. The minimum atomic E-state index is -0.376. The topological polar surface area (TPSA) is 62.4 Å². The quantitative estimate of drug-likeness (QED) is 0.480. The summed E-state index contributed by atoms with van der Waals surface area (Å²) < 4.78 is 5.14. The van der Waals surface area contributed by atoms with Crippen LogP contribution >= 0.6 is 22.9 Å². The lowest BCUT2D eigenvalue weighted by Gasteiger charge is -2.23. The number of aryl methyl sites for hydroxylation is 1. The van der Waals surface area contributed by atoms with Gasteiger partial charge in [0.2, 0.25) is 5.91 Å². The van der Waals surface area contributed by atoms with E-state index < -0.39 is 0 Å². The van der Waals surface area contributed by atoms with Gasteiger partial charge in [0.1, 0.15) is 5.69 Å². The largest absolute Gasteiger partial charge is 0.461 e. The highest BCUT2D eigenvalue weighted by molar-refractivity contribution is 7.10. The molecule has 1 N–H and O–H groups in total. The number of hydrogen-bond donors (Lipinski definition) is 1. The SMILES string of the molecule is CCOC(=O)c1[nH]c(C)c(CN(Cc2ccc(Cl)cc2)C(=O)Cc2cccs2)c1C. The van der Waals surface area contributed by atoms with E-state index in [1.54, 1.807) is 18.3 Å². The summed E-state index contributed by atoms with van der Waals surface area (Å²) in [6.07, 6.45) is 0.346. The zero-order valence-electron chi connectivity index (χ0n) is 17.3. The Kier molecular flexibility index (Phi) is 7.34. The number of aromatic nitrogens is 1. The highest BCUT2D eigenvalue weighted by Gasteiger charge is 2.22. The molecule has 1 aromatic carbocycles. The van der Waals surface area contributed by atoms with Gasteiger partial charge in [-0.1, -0.05) is 29.8 Å². The first-order valence-electron chi connectivity index (χ1n) is 9.78. The van der Waals surface area contributed by atoms with Gasteiger partial charge in [-0.25, -0.2) is 4.79 Å². The van der Waals surface area contributed by atoms with E-state index in [-0.39, 0.29) is 11.9 Å². The highest BCUT2D eigenvalue weighted by Crippen LogP contribution is 2.23. The van der Waals surface area contributed by atoms with Crippen molar-refractivity contribution in [3.05, 3.63) is 79.8 Å². The van der Waals surface area contributed by atoms with Crippen LogP contribution in [0.15, 0.2) is 41.8 Å². The minimum absolute atomic E-state index is 0.0325. The molecule has 0 radical (unpaired) electrons. The summed E-state index contributed by atoms with van der Waals surface area (Å²) in [5.74, 6) is -0.344. The molecule has 0 saturated heterocycles. The van der Waals surface area contributed by atoms with Crippen LogP contribution in [0.1, 0.15) is 44.7 Å². The van der Waals surface area contributed by atoms with E-state index in [2.05, 4.69) is 4.98 Å². The molecule has 0 aliphatic rings. The fourth-order valence-electron chi connectivity index (χ4n) is 3.34. The number of ether oxygens (including phenoxy) is 1. The van der Waals surface area contributed by atoms with Crippen molar-refractivity contribution in [1.29, 1.82) is 0 Å². The molecule has 0 bridgehead atoms. The van der Waals surface area contributed by atoms with E-state index in [1.165, 1.54) is 0 Å². The molecule has 0 atom stereocenters. The molecule has 3 rings (SSSR count). The van der Waals surface area contributed by atoms with Crippen molar-refractivity contribution in [2.75, 3.05) is 6.61 Å². The maximum absolute atomic E-state index is 13.2. The molecule has 0 spiro atoms. The minimum Gasteiger partial charge on any atom is -0.461 e. The Balaban J connectivity index is 1.87. The number of carbonyl (C=O) groups is 2. The molecule has 2 aromatic heterocycles. The lowest BCUT2D eigenvalue weighted by Crippen LogP contribution is -2.31. The van der Waals surface area contributed by atoms with E-state index in [9.17, 15) is 9.59 Å². The Bertz CT molecular complexity index is 1010. The smallest absolute Gasteiger partial charge is 0.355 e. The van der Waals surface area contributed by atoms with E-state index >= 15 is 0 Å². The first kappa shape index (κ1) is 22.1. The molecule has 0 fully saturated rings. The average molecular weight is 445 g/mol. The van der Waals surface area contributed by atoms with Crippen molar-refractivity contribution in [3.8, 4) is 0 Å². The fraction of sp³-hybridized carbons (Fsp3) is 0.304. The molecule has 2 heterocycles. The Morgan fingerprint density at radius 3 is 2.50 bits per heavy atom. The van der Waals surface area contributed by atoms with Crippen LogP contribution in [0.2, 0.25) is 5.02 Å². The number of esters is 1. The third kappa shape index (κ3) is 5.32. The Morgan fingerprint density at radius 1 is 1.13 bits per heavy atom. The average Bonchev–Trinajstić information content (AvgIpc) is 3.32. The molecule has 0 unspecified atom stereocenters. The molecule has 0 saturated carbocycles. The lowest BCUT2D eigenvalue weighted by molar-refractivity contribution is -0.131. The van der Waals surface area contributed by atoms with Gasteiger partial charge in [-0.2, -0.15) is 0 Å². The van der Waals surface area contributed by atoms with Crippen LogP contribution in [0.5, 0.6) is 0 Å². The summed E-state index contributed by atoms with van der Waals surface area (Å²) in [4.78, 5) is 31.4. The molecule has 7 heteroatoms. The number of rotatable bonds is 8. The molecule has 0 aliphatic carbocycles. The number of H-pyrrole nitrogens is 1. The Hall–Kier alpha value is -2.57. The second-order valence-electron chi connectivity index (χ2n) is 7.08. The number of thiophene rings is 1. The molecular formula is C23H25ClN2O3S. The summed E-state index contributed by atoms with van der Waals surface area (Å²) in [7, 11) is 0. The van der Waals surface area contributed by atoms with Gasteiger partial charge < -0.3 is 14.6 Å². The number of carbonyl (C=O) groups excluding carboxylic acids is 2. The van der Waals surface area contributed by atoms with Gasteiger partial charge in [-0.15, -0.1) is 11.3 Å². The highest BCUT2D eigenvalue weighted by atomic mass is 35.5. The first-order chi connectivity index (χ1) is 14.4. The van der Waals surface area contributed by atoms with Crippen LogP contribution in [0.25, 0.3) is 0 Å². The number of benzene rings is 1. The van der Waals surface area contributed by atoms with Crippen LogP contribution in [-0.4, -0.2) is 28.4 Å². The monoisotopic (exact) mass is 444 g/mol. The third-order valence-corrected chi connectivity index (χ3v) is 6.09. The van der Waals surface area contributed by atoms with Crippen molar-refractivity contribution in [2.45, 2.75) is 40.3 Å². The Morgan fingerprint density at radius 2 is 1.87 bits per heavy atom. The van der Waals surface area contributed by atoms with Crippen LogP contribution in [-0.2, 0) is 29.0 Å². The molecule has 30 heavy (non-hydrogen) atoms. The summed E-state index contributed by atoms with van der Waals surface area (Å²) in [6.45, 7) is 6.75. The van der Waals surface area contributed by atoms with Gasteiger partial charge in [0.05, 0.1) is 13.0 Å². The fourth-order valence-corrected chi connectivity index (χ4v) is 4.16. The molecule has 1 amide bonds. The lowest BCUT2D eigenvalue weighted by atomic mass is 10.1. The van der Waals surface area contributed by atoms with E-state index in [4.69, 9.17) is 16.3 Å². The van der Waals surface area contributed by atoms with E-state index in [0.717, 1.165) is 27.3 Å². The Labute approximate surface area is 185 Å². The molecule has 5 nitrogen and oxygen atoms in total. The zero-order chi connectivity index (χ0) is 21.7. The predicted octanol–water partition coefficient (Wildman–Crippen LogP) is 5.29. The molecule has 0 aliphatic heterocycles. The van der Waals surface area contributed by atoms with Crippen molar-refractivity contribution in [2.24, 2.45) is 0 Å². The number of nitrogens with zero attached hydrogens (tertiary/aromatic N) is 1. The van der Waals surface area contributed by atoms with Gasteiger partial charge in [0, 0.05) is 28.7 Å². The number of amides is 1. The van der Waals surface area contributed by atoms with E-state index in [1.807, 2.05) is 60.5 Å². The third-order valence-electron chi connectivity index (χ3n) is 4.97. The van der Waals surface area contributed by atoms with Gasteiger partial charge in [0.25, 0.3) is 0 Å². The zero-order valence-corrected chi connectivity index (χ0v) is 18.9. The molecule has 158 valence electrons. The number of nitrogens with one attached hydrogen (secondary N) is 1. The summed E-state index contributed by atoms with van der Waals surface area (Å²) in [5.41, 5.74) is 4.06. The summed E-state index contributed by atoms with van der Waals surface area (Å²) in [6, 6.07) is 11.4. The maximum atomic E-state index is 13.2. The van der Waals surface area contributed by atoms with Crippen molar-refractivity contribution < 1.29 is 14.3 Å². The van der Waals surface area contributed by atoms with Gasteiger partial charge in [-0.3, -0.25) is 4.79 Å². The van der Waals surface area contributed by atoms with Crippen LogP contribution < -0.4 is 0 Å². The molecular weight excluding hydrogens is 420 g/mol. The van der Waals surface area contributed by atoms with Crippen molar-refractivity contribution >= 4 is 34.8 Å². The van der Waals surface area contributed by atoms with Crippen LogP contribution in [0, 0.1) is 13.8 Å². The number of aromatic amines is 1. The first-order valence-corrected chi connectivity index (χ1v) is 11.0. The molecule has 3 aromatic rings. The number of hydrogen-bond acceptors (Lipinski definition) is 4. The van der Waals surface area contributed by atoms with Gasteiger partial charge >= 0.3 is 5.97 Å². The summed E-state index contributed by atoms with van der Waals surface area (Å²) in [5, 5.41) is 2.63. The van der Waals surface area contributed by atoms with Crippen molar-refractivity contribution in [3.63, 3.8) is 0 Å². The van der Waals surface area contributed by atoms with Crippen LogP contribution in [0.3, 0.4) is 0 Å².